The molecule has 0 spiro atoms. The van der Waals surface area contributed by atoms with Crippen molar-refractivity contribution >= 4 is 33.2 Å². The van der Waals surface area contributed by atoms with Crippen LogP contribution in [0.3, 0.4) is 0 Å². The van der Waals surface area contributed by atoms with Crippen molar-refractivity contribution in [3.63, 3.8) is 0 Å². The Balaban J connectivity index is 1.14. The summed E-state index contributed by atoms with van der Waals surface area (Å²) in [6.07, 6.45) is 5.82. The number of anilines is 2. The number of hydrogen-bond acceptors (Lipinski definition) is 8. The Morgan fingerprint density at radius 3 is 2.47 bits per heavy atom. The molecule has 0 radical (unpaired) electrons. The molecule has 32 heavy (non-hydrogen) atoms. The van der Waals surface area contributed by atoms with E-state index in [1.54, 1.807) is 11.3 Å². The Morgan fingerprint density at radius 2 is 1.78 bits per heavy atom. The van der Waals surface area contributed by atoms with E-state index in [1.165, 1.54) is 0 Å². The largest absolute Gasteiger partial charge is 0.378 e. The van der Waals surface area contributed by atoms with Gasteiger partial charge in [0.25, 0.3) is 0 Å². The van der Waals surface area contributed by atoms with Gasteiger partial charge in [-0.25, -0.2) is 19.3 Å². The molecule has 0 amide bonds. The topological polar surface area (TPSA) is 66.4 Å². The van der Waals surface area contributed by atoms with Gasteiger partial charge in [-0.15, -0.1) is 11.3 Å². The summed E-state index contributed by atoms with van der Waals surface area (Å²) >= 11 is 1.67. The van der Waals surface area contributed by atoms with Gasteiger partial charge in [0.05, 0.1) is 36.7 Å². The number of aromatic nitrogens is 3. The minimum absolute atomic E-state index is 0.435. The van der Waals surface area contributed by atoms with Crippen LogP contribution in [-0.2, 0) is 4.74 Å². The third kappa shape index (κ3) is 4.04. The molecule has 0 aromatic carbocycles. The maximum Gasteiger partial charge on any atom is 0.130 e. The van der Waals surface area contributed by atoms with Crippen LogP contribution in [0.2, 0.25) is 0 Å². The maximum atomic E-state index is 13.5. The number of rotatable bonds is 5. The van der Waals surface area contributed by atoms with Gasteiger partial charge in [-0.1, -0.05) is 0 Å². The van der Waals surface area contributed by atoms with Crippen molar-refractivity contribution in [2.75, 3.05) is 49.2 Å². The van der Waals surface area contributed by atoms with E-state index in [0.717, 1.165) is 78.1 Å². The number of ether oxygens (including phenoxy) is 1. The van der Waals surface area contributed by atoms with Gasteiger partial charge in [-0.05, 0) is 31.4 Å². The van der Waals surface area contributed by atoms with Crippen molar-refractivity contribution in [2.45, 2.75) is 37.5 Å². The predicted molar refractivity (Wildman–Crippen MR) is 125 cm³/mol. The second kappa shape index (κ2) is 8.53. The van der Waals surface area contributed by atoms with Crippen LogP contribution in [0.5, 0.6) is 0 Å². The lowest BCUT2D eigenvalue weighted by Gasteiger charge is -2.37. The highest BCUT2D eigenvalue weighted by molar-refractivity contribution is 7.21. The van der Waals surface area contributed by atoms with Gasteiger partial charge in [0.15, 0.2) is 0 Å². The van der Waals surface area contributed by atoms with E-state index in [2.05, 4.69) is 21.3 Å². The molecule has 0 unspecified atom stereocenters. The number of piperidine rings is 1. The molecule has 0 aliphatic carbocycles. The summed E-state index contributed by atoms with van der Waals surface area (Å²) in [6.45, 7) is 4.88. The lowest BCUT2D eigenvalue weighted by molar-refractivity contribution is -0.0111. The van der Waals surface area contributed by atoms with E-state index >= 15 is 0 Å². The molecule has 3 aliphatic rings. The minimum Gasteiger partial charge on any atom is -0.378 e. The van der Waals surface area contributed by atoms with Gasteiger partial charge in [0.2, 0.25) is 0 Å². The fraction of sp³-hybridized carbons (Fsp3) is 0.522. The molecule has 3 aromatic heterocycles. The number of pyridine rings is 2. The molecule has 0 bridgehead atoms. The van der Waals surface area contributed by atoms with E-state index < -0.39 is 6.17 Å². The Labute approximate surface area is 190 Å². The first-order valence-electron chi connectivity index (χ1n) is 11.4. The zero-order chi connectivity index (χ0) is 21.5. The van der Waals surface area contributed by atoms with Gasteiger partial charge in [0, 0.05) is 43.5 Å². The normalized spacial score (nSPS) is 22.6. The smallest absolute Gasteiger partial charge is 0.130 e. The Bertz CT molecular complexity index is 1080. The molecule has 0 saturated carbocycles. The van der Waals surface area contributed by atoms with Crippen LogP contribution in [0.25, 0.3) is 20.8 Å². The minimum atomic E-state index is -0.748. The molecule has 6 rings (SSSR count). The highest BCUT2D eigenvalue weighted by Crippen LogP contribution is 2.33. The van der Waals surface area contributed by atoms with E-state index in [0.29, 0.717) is 25.0 Å². The Kier molecular flexibility index (Phi) is 5.40. The summed E-state index contributed by atoms with van der Waals surface area (Å²) < 4.78 is 19.9. The monoisotopic (exact) mass is 454 g/mol. The third-order valence-corrected chi connectivity index (χ3v) is 7.71. The predicted octanol–water partition coefficient (Wildman–Crippen LogP) is 3.26. The van der Waals surface area contributed by atoms with Crippen molar-refractivity contribution in [1.29, 1.82) is 0 Å². The molecule has 3 aliphatic heterocycles. The van der Waals surface area contributed by atoms with E-state index in [1.807, 2.05) is 29.4 Å². The standard InChI is InChI=1S/C23H27FN6OS/c24-16-3-6-30(12-16)21-2-1-15(10-25-21)23-28-19-11-26-22(9-20(19)32-23)29-7-4-17(5-8-29)27-18-13-31-14-18/h1-2,9-11,16-18,27H,3-8,12-14H2/t16-/m1/s1. The molecule has 9 heteroatoms. The highest BCUT2D eigenvalue weighted by atomic mass is 32.1. The van der Waals surface area contributed by atoms with Gasteiger partial charge < -0.3 is 19.9 Å². The fourth-order valence-corrected chi connectivity index (χ4v) is 5.64. The van der Waals surface area contributed by atoms with Crippen LogP contribution >= 0.6 is 11.3 Å². The van der Waals surface area contributed by atoms with E-state index in [4.69, 9.17) is 14.7 Å². The SMILES string of the molecule is F[C@@H]1CCN(c2ccc(-c3nc4cnc(N5CCC(NC6COC6)CC5)cc4s3)cn2)C1. The number of thiazole rings is 1. The average Bonchev–Trinajstić information content (AvgIpc) is 3.42. The molecule has 1 atom stereocenters. The quantitative estimate of drug-likeness (QED) is 0.635. The van der Waals surface area contributed by atoms with E-state index in [9.17, 15) is 4.39 Å². The number of halogens is 1. The second-order valence-electron chi connectivity index (χ2n) is 8.93. The van der Waals surface area contributed by atoms with Crippen LogP contribution < -0.4 is 15.1 Å². The first-order valence-corrected chi connectivity index (χ1v) is 12.2. The van der Waals surface area contributed by atoms with Crippen LogP contribution in [0.1, 0.15) is 19.3 Å². The molecule has 7 nitrogen and oxygen atoms in total. The molecule has 6 heterocycles. The lowest BCUT2D eigenvalue weighted by Crippen LogP contribution is -2.53. The van der Waals surface area contributed by atoms with Crippen molar-refractivity contribution in [3.05, 3.63) is 30.6 Å². The molecular weight excluding hydrogens is 427 g/mol. The molecule has 168 valence electrons. The van der Waals surface area contributed by atoms with Gasteiger partial charge in [0.1, 0.15) is 28.3 Å². The van der Waals surface area contributed by atoms with Crippen LogP contribution in [0.15, 0.2) is 30.6 Å². The molecule has 3 saturated heterocycles. The number of hydrogen-bond donors (Lipinski definition) is 1. The number of fused-ring (bicyclic) bond motifs is 1. The molecule has 1 N–H and O–H groups in total. The summed E-state index contributed by atoms with van der Waals surface area (Å²) in [5.41, 5.74) is 1.90. The van der Waals surface area contributed by atoms with Crippen molar-refractivity contribution < 1.29 is 9.13 Å². The van der Waals surface area contributed by atoms with Gasteiger partial charge >= 0.3 is 0 Å². The van der Waals surface area contributed by atoms with E-state index in [-0.39, 0.29) is 0 Å². The summed E-state index contributed by atoms with van der Waals surface area (Å²) in [4.78, 5) is 18.4. The molecular formula is C23H27FN6OS. The number of nitrogens with zero attached hydrogens (tertiary/aromatic N) is 5. The summed E-state index contributed by atoms with van der Waals surface area (Å²) in [5, 5.41) is 4.63. The number of nitrogens with one attached hydrogen (secondary N) is 1. The van der Waals surface area contributed by atoms with Crippen LogP contribution in [0.4, 0.5) is 16.0 Å². The molecule has 3 aromatic rings. The van der Waals surface area contributed by atoms with Crippen molar-refractivity contribution in [3.8, 4) is 10.6 Å². The average molecular weight is 455 g/mol. The first-order chi connectivity index (χ1) is 15.7. The zero-order valence-electron chi connectivity index (χ0n) is 17.9. The Hall–Kier alpha value is -2.36. The molecule has 3 fully saturated rings. The Morgan fingerprint density at radius 1 is 0.969 bits per heavy atom. The highest BCUT2D eigenvalue weighted by Gasteiger charge is 2.26. The van der Waals surface area contributed by atoms with Crippen molar-refractivity contribution in [2.24, 2.45) is 0 Å². The maximum absolute atomic E-state index is 13.5. The van der Waals surface area contributed by atoms with Gasteiger partial charge in [-0.3, -0.25) is 0 Å². The van der Waals surface area contributed by atoms with Crippen LogP contribution in [0, 0.1) is 0 Å². The lowest BCUT2D eigenvalue weighted by atomic mass is 10.0. The number of alkyl halides is 1. The third-order valence-electron chi connectivity index (χ3n) is 6.64. The van der Waals surface area contributed by atoms with Gasteiger partial charge in [-0.2, -0.15) is 0 Å². The van der Waals surface area contributed by atoms with Crippen LogP contribution in [-0.4, -0.2) is 72.6 Å². The van der Waals surface area contributed by atoms with Crippen molar-refractivity contribution in [1.82, 2.24) is 20.3 Å². The summed E-state index contributed by atoms with van der Waals surface area (Å²) in [5.74, 6) is 1.86. The fourth-order valence-electron chi connectivity index (χ4n) is 4.68. The summed E-state index contributed by atoms with van der Waals surface area (Å²) in [7, 11) is 0. The summed E-state index contributed by atoms with van der Waals surface area (Å²) in [6, 6.07) is 7.28. The first kappa shape index (κ1) is 20.3. The second-order valence-corrected chi connectivity index (χ2v) is 9.96. The zero-order valence-corrected chi connectivity index (χ0v) is 18.7.